The second-order valence-corrected chi connectivity index (χ2v) is 8.29. The van der Waals surface area contributed by atoms with E-state index >= 15 is 0 Å². The monoisotopic (exact) mass is 492 g/mol. The Morgan fingerprint density at radius 3 is 2.11 bits per heavy atom. The minimum Gasteiger partial charge on any atom is -0.489 e. The number of halogens is 1. The lowest BCUT2D eigenvalue weighted by atomic mass is 10.0. The fourth-order valence-corrected chi connectivity index (χ4v) is 3.66. The number of hydrogen-bond donors (Lipinski definition) is 2. The van der Waals surface area contributed by atoms with Crippen molar-refractivity contribution in [2.24, 2.45) is 0 Å². The molecule has 0 spiro atoms. The van der Waals surface area contributed by atoms with Gasteiger partial charge in [-0.3, -0.25) is 9.59 Å². The number of benzene rings is 3. The van der Waals surface area contributed by atoms with Gasteiger partial charge >= 0.3 is 5.97 Å². The summed E-state index contributed by atoms with van der Waals surface area (Å²) in [5.74, 6) is -1.40. The lowest BCUT2D eigenvalue weighted by Gasteiger charge is -2.22. The molecule has 2 atom stereocenters. The van der Waals surface area contributed by atoms with Crippen LogP contribution >= 0.6 is 0 Å². The van der Waals surface area contributed by atoms with Gasteiger partial charge in [0.15, 0.2) is 0 Å². The predicted molar refractivity (Wildman–Crippen MR) is 133 cm³/mol. The summed E-state index contributed by atoms with van der Waals surface area (Å²) in [6, 6.07) is 20.8. The highest BCUT2D eigenvalue weighted by Gasteiger charge is 2.27. The quantitative estimate of drug-likeness (QED) is 0.401. The van der Waals surface area contributed by atoms with E-state index in [1.54, 1.807) is 30.3 Å². The van der Waals surface area contributed by atoms with Crippen LogP contribution in [0.1, 0.15) is 23.6 Å². The Balaban J connectivity index is 1.66. The van der Waals surface area contributed by atoms with E-state index in [9.17, 15) is 18.8 Å². The molecule has 2 amide bonds. The summed E-state index contributed by atoms with van der Waals surface area (Å²) in [6.45, 7) is 1.71. The van der Waals surface area contributed by atoms with E-state index in [-0.39, 0.29) is 12.8 Å². The van der Waals surface area contributed by atoms with Gasteiger partial charge in [-0.25, -0.2) is 9.18 Å². The fourth-order valence-electron chi connectivity index (χ4n) is 3.66. The van der Waals surface area contributed by atoms with Crippen molar-refractivity contribution in [2.75, 3.05) is 7.11 Å². The van der Waals surface area contributed by atoms with Gasteiger partial charge in [-0.05, 0) is 41.0 Å². The van der Waals surface area contributed by atoms with Crippen molar-refractivity contribution in [1.82, 2.24) is 10.6 Å². The average Bonchev–Trinajstić information content (AvgIpc) is 2.87. The molecule has 36 heavy (non-hydrogen) atoms. The summed E-state index contributed by atoms with van der Waals surface area (Å²) in [4.78, 5) is 37.1. The summed E-state index contributed by atoms with van der Waals surface area (Å²) in [5, 5.41) is 5.23. The van der Waals surface area contributed by atoms with E-state index in [1.165, 1.54) is 32.2 Å². The van der Waals surface area contributed by atoms with Crippen LogP contribution in [0.15, 0.2) is 78.9 Å². The number of ether oxygens (including phenoxy) is 2. The average molecular weight is 493 g/mol. The van der Waals surface area contributed by atoms with E-state index in [2.05, 4.69) is 10.6 Å². The van der Waals surface area contributed by atoms with Crippen molar-refractivity contribution in [2.45, 2.75) is 38.5 Å². The molecule has 0 aromatic heterocycles. The van der Waals surface area contributed by atoms with Gasteiger partial charge in [-0.2, -0.15) is 0 Å². The van der Waals surface area contributed by atoms with Crippen molar-refractivity contribution < 1.29 is 28.2 Å². The molecular formula is C28H29FN2O5. The number of carbonyl (C=O) groups is 3. The second-order valence-electron chi connectivity index (χ2n) is 8.29. The lowest BCUT2D eigenvalue weighted by molar-refractivity contribution is -0.145. The first-order chi connectivity index (χ1) is 17.3. The van der Waals surface area contributed by atoms with Crippen LogP contribution in [0.2, 0.25) is 0 Å². The molecule has 0 saturated heterocycles. The Morgan fingerprint density at radius 1 is 0.806 bits per heavy atom. The number of nitrogens with one attached hydrogen (secondary N) is 2. The smallest absolute Gasteiger partial charge is 0.328 e. The Bertz CT molecular complexity index is 1170. The fraction of sp³-hybridized carbons (Fsp3) is 0.250. The van der Waals surface area contributed by atoms with Crippen LogP contribution in [0.4, 0.5) is 4.39 Å². The molecule has 188 valence electrons. The van der Waals surface area contributed by atoms with E-state index in [1.807, 2.05) is 30.3 Å². The number of rotatable bonds is 11. The number of carbonyl (C=O) groups excluding carboxylic acids is 3. The van der Waals surface area contributed by atoms with E-state index < -0.39 is 35.7 Å². The number of hydrogen-bond acceptors (Lipinski definition) is 5. The first-order valence-electron chi connectivity index (χ1n) is 11.5. The van der Waals surface area contributed by atoms with Crippen molar-refractivity contribution >= 4 is 17.8 Å². The standard InChI is InChI=1S/C28H29FN2O5/c1-19(32)30-25(17-22-9-6-10-23(29)15-22)27(33)31-26(28(34)35-2)16-20-11-13-24(14-12-20)36-18-21-7-4-3-5-8-21/h3-15,25-26H,16-18H2,1-2H3,(H,30,32)(H,31,33)/t25-,26-/m1/s1. The first-order valence-corrected chi connectivity index (χ1v) is 11.5. The number of esters is 1. The van der Waals surface area contributed by atoms with Gasteiger partial charge in [0.2, 0.25) is 11.8 Å². The maximum atomic E-state index is 13.6. The van der Waals surface area contributed by atoms with Gasteiger partial charge in [0.05, 0.1) is 7.11 Å². The summed E-state index contributed by atoms with van der Waals surface area (Å²) in [6.07, 6.45) is 0.231. The lowest BCUT2D eigenvalue weighted by Crippen LogP contribution is -2.53. The molecular weight excluding hydrogens is 463 g/mol. The highest BCUT2D eigenvalue weighted by molar-refractivity contribution is 5.90. The van der Waals surface area contributed by atoms with Crippen LogP contribution < -0.4 is 15.4 Å². The maximum Gasteiger partial charge on any atom is 0.328 e. The summed E-state index contributed by atoms with van der Waals surface area (Å²) in [7, 11) is 1.24. The van der Waals surface area contributed by atoms with Gasteiger partial charge in [0.1, 0.15) is 30.3 Å². The molecule has 7 nitrogen and oxygen atoms in total. The Kier molecular flexibility index (Phi) is 9.56. The largest absolute Gasteiger partial charge is 0.489 e. The molecule has 3 aromatic carbocycles. The van der Waals surface area contributed by atoms with E-state index in [4.69, 9.17) is 9.47 Å². The molecule has 0 bridgehead atoms. The summed E-state index contributed by atoms with van der Waals surface area (Å²) >= 11 is 0. The minimum absolute atomic E-state index is 0.0600. The third-order valence-electron chi connectivity index (χ3n) is 5.44. The van der Waals surface area contributed by atoms with Crippen LogP contribution in [0.3, 0.4) is 0 Å². The molecule has 0 unspecified atom stereocenters. The molecule has 0 aliphatic heterocycles. The van der Waals surface area contributed by atoms with Gasteiger partial charge in [0.25, 0.3) is 0 Å². The van der Waals surface area contributed by atoms with Crippen molar-refractivity contribution in [3.63, 3.8) is 0 Å². The van der Waals surface area contributed by atoms with Gasteiger partial charge in [-0.15, -0.1) is 0 Å². The highest BCUT2D eigenvalue weighted by atomic mass is 19.1. The van der Waals surface area contributed by atoms with Crippen molar-refractivity contribution in [3.05, 3.63) is 101 Å². The van der Waals surface area contributed by atoms with Gasteiger partial charge < -0.3 is 20.1 Å². The number of methoxy groups -OCH3 is 1. The predicted octanol–water partition coefficient (Wildman–Crippen LogP) is 3.35. The maximum absolute atomic E-state index is 13.6. The Labute approximate surface area is 209 Å². The van der Waals surface area contributed by atoms with Crippen LogP contribution in [-0.2, 0) is 38.6 Å². The zero-order valence-corrected chi connectivity index (χ0v) is 20.2. The third-order valence-corrected chi connectivity index (χ3v) is 5.44. The third kappa shape index (κ3) is 8.23. The SMILES string of the molecule is COC(=O)[C@@H](Cc1ccc(OCc2ccccc2)cc1)NC(=O)[C@@H](Cc1cccc(F)c1)NC(C)=O. The van der Waals surface area contributed by atoms with E-state index in [0.717, 1.165) is 11.1 Å². The normalized spacial score (nSPS) is 12.2. The van der Waals surface area contributed by atoms with Crippen LogP contribution in [0.25, 0.3) is 0 Å². The number of amides is 2. The zero-order chi connectivity index (χ0) is 25.9. The molecule has 0 fully saturated rings. The molecule has 8 heteroatoms. The molecule has 0 aliphatic rings. The Morgan fingerprint density at radius 2 is 1.47 bits per heavy atom. The molecule has 0 saturated carbocycles. The minimum atomic E-state index is -0.995. The topological polar surface area (TPSA) is 93.7 Å². The zero-order valence-electron chi connectivity index (χ0n) is 20.2. The molecule has 0 aliphatic carbocycles. The van der Waals surface area contributed by atoms with Gasteiger partial charge in [-0.1, -0.05) is 54.6 Å². The first kappa shape index (κ1) is 26.4. The highest BCUT2D eigenvalue weighted by Crippen LogP contribution is 2.16. The van der Waals surface area contributed by atoms with Crippen LogP contribution in [0.5, 0.6) is 5.75 Å². The second kappa shape index (κ2) is 13.0. The Hall–Kier alpha value is -4.20. The van der Waals surface area contributed by atoms with Crippen LogP contribution in [-0.4, -0.2) is 37.0 Å². The summed E-state index contributed by atoms with van der Waals surface area (Å²) < 4.78 is 24.3. The van der Waals surface area contributed by atoms with Gasteiger partial charge in [0, 0.05) is 19.8 Å². The molecule has 3 aromatic rings. The molecule has 0 heterocycles. The molecule has 3 rings (SSSR count). The molecule has 2 N–H and O–H groups in total. The van der Waals surface area contributed by atoms with Crippen molar-refractivity contribution in [3.8, 4) is 5.75 Å². The molecule has 0 radical (unpaired) electrons. The van der Waals surface area contributed by atoms with Crippen LogP contribution in [0, 0.1) is 5.82 Å². The summed E-state index contributed by atoms with van der Waals surface area (Å²) in [5.41, 5.74) is 2.35. The van der Waals surface area contributed by atoms with E-state index in [0.29, 0.717) is 17.9 Å². The van der Waals surface area contributed by atoms with Crippen molar-refractivity contribution in [1.29, 1.82) is 0 Å².